The molecule has 0 amide bonds. The second kappa shape index (κ2) is 6.37. The van der Waals surface area contributed by atoms with Gasteiger partial charge in [0.2, 0.25) is 0 Å². The van der Waals surface area contributed by atoms with Crippen LogP contribution in [-0.4, -0.2) is 29.2 Å². The molecule has 0 spiro atoms. The van der Waals surface area contributed by atoms with Crippen LogP contribution in [0, 0.1) is 11.8 Å². The first-order valence-corrected chi connectivity index (χ1v) is 8.37. The Morgan fingerprint density at radius 2 is 2.64 bits per heavy atom. The molecule has 84 valence electrons. The zero-order valence-corrected chi connectivity index (χ0v) is 11.4. The van der Waals surface area contributed by atoms with Crippen LogP contribution in [0.2, 0.25) is 0 Å². The van der Waals surface area contributed by atoms with Gasteiger partial charge >= 0.3 is 0 Å². The molecule has 1 saturated carbocycles. The molecule has 2 unspecified atom stereocenters. The predicted molar refractivity (Wildman–Crippen MR) is 72.3 cm³/mol. The molecule has 6 atom stereocenters. The molecule has 0 saturated heterocycles. The third-order valence-electron chi connectivity index (χ3n) is 3.35. The molecular formula is C9H23BNOPS. The van der Waals surface area contributed by atoms with Crippen LogP contribution in [0.3, 0.4) is 0 Å². The van der Waals surface area contributed by atoms with Gasteiger partial charge in [-0.25, -0.2) is 0 Å². The molecule has 0 aromatic rings. The smallest absolute Gasteiger partial charge is 0.136 e. The molecule has 2 nitrogen and oxygen atoms in total. The molecule has 1 aliphatic carbocycles. The number of hydrogen-bond acceptors (Lipinski definition) is 2. The molecule has 0 aromatic heterocycles. The van der Waals surface area contributed by atoms with E-state index in [0.29, 0.717) is 17.9 Å². The monoisotopic (exact) mass is 238 g/mol. The highest BCUT2D eigenvalue weighted by atomic mass is 32.5. The lowest BCUT2D eigenvalue weighted by Crippen LogP contribution is -2.36. The normalized spacial score (nSPS) is 44.2. The lowest BCUT2D eigenvalue weighted by molar-refractivity contribution is 0.160. The molecule has 1 fully saturated rings. The van der Waals surface area contributed by atoms with Gasteiger partial charge in [0, 0.05) is 6.04 Å². The Bertz CT molecular complexity index is 276. The standard InChI is InChI=1S/C9H23BNOPS/c1-4-7-5-8(11-3)9(6(7)2)12-14-13-10/h6-9,11,14H,4-5,10,13H2,1-3H3/t6-,7+,8-,9-/m1/s1/i13T,14D. The molecule has 0 heterocycles. The highest BCUT2D eigenvalue weighted by molar-refractivity contribution is 8.14. The van der Waals surface area contributed by atoms with Crippen molar-refractivity contribution in [3.05, 3.63) is 0 Å². The molecule has 0 bridgehead atoms. The van der Waals surface area contributed by atoms with Crippen LogP contribution < -0.4 is 5.32 Å². The first kappa shape index (κ1) is 9.95. The summed E-state index contributed by atoms with van der Waals surface area (Å²) in [6, 6.07) is 0.363. The van der Waals surface area contributed by atoms with Crippen LogP contribution in [0.1, 0.15) is 26.7 Å². The minimum Gasteiger partial charge on any atom is -0.322 e. The topological polar surface area (TPSA) is 21.3 Å². The number of nitrogens with one attached hydrogen (secondary N) is 1. The van der Waals surface area contributed by atoms with E-state index in [9.17, 15) is 0 Å². The number of hydrogen-bond donors (Lipinski definition) is 2. The molecule has 14 heavy (non-hydrogen) atoms. The van der Waals surface area contributed by atoms with Crippen molar-refractivity contribution in [2.24, 2.45) is 11.8 Å². The summed E-state index contributed by atoms with van der Waals surface area (Å²) in [6.45, 7) is 4.44. The highest BCUT2D eigenvalue weighted by Crippen LogP contribution is 2.36. The minimum absolute atomic E-state index is 0.126. The van der Waals surface area contributed by atoms with Crippen molar-refractivity contribution >= 4 is 25.9 Å². The van der Waals surface area contributed by atoms with E-state index < -0.39 is 18.3 Å². The summed E-state index contributed by atoms with van der Waals surface area (Å²) in [5.74, 6) is 1.20. The summed E-state index contributed by atoms with van der Waals surface area (Å²) in [7, 11) is 2.41. The fraction of sp³-hybridized carbons (Fsp3) is 1.00. The largest absolute Gasteiger partial charge is 0.322 e. The zero-order chi connectivity index (χ0) is 12.3. The summed E-state index contributed by atoms with van der Waals surface area (Å²) in [4.78, 5) is 0. The van der Waals surface area contributed by atoms with Gasteiger partial charge in [-0.1, -0.05) is 31.4 Å². The number of thiol groups is 1. The molecule has 1 N–H and O–H groups in total. The lowest BCUT2D eigenvalue weighted by atomic mass is 9.95. The van der Waals surface area contributed by atoms with Crippen molar-refractivity contribution in [2.75, 3.05) is 7.05 Å². The first-order chi connectivity index (χ1) is 7.51. The van der Waals surface area contributed by atoms with Crippen LogP contribution in [-0.2, 0) is 15.3 Å². The number of rotatable bonds is 4. The Kier molecular flexibility index (Phi) is 4.53. The van der Waals surface area contributed by atoms with Crippen LogP contribution in [0.25, 0.3) is 0 Å². The number of likely N-dealkylation sites (N-methyl/N-ethyl adjacent to an activating group) is 1. The zero-order valence-electron chi connectivity index (χ0n) is 11.5. The summed E-state index contributed by atoms with van der Waals surface area (Å²) < 4.78 is 21.2. The summed E-state index contributed by atoms with van der Waals surface area (Å²) in [5, 5.41) is 3.30. The van der Waals surface area contributed by atoms with E-state index in [1.807, 2.05) is 14.6 Å². The van der Waals surface area contributed by atoms with E-state index in [0.717, 1.165) is 6.42 Å². The Morgan fingerprint density at radius 3 is 3.14 bits per heavy atom. The first-order valence-electron chi connectivity index (χ1n) is 6.31. The minimum atomic E-state index is -1.38. The quantitative estimate of drug-likeness (QED) is 0.426. The summed E-state index contributed by atoms with van der Waals surface area (Å²) in [5.41, 5.74) is 0. The second-order valence-corrected chi connectivity index (χ2v) is 6.50. The van der Waals surface area contributed by atoms with E-state index in [2.05, 4.69) is 19.2 Å². The van der Waals surface area contributed by atoms with Crippen LogP contribution in [0.5, 0.6) is 0 Å². The van der Waals surface area contributed by atoms with Crippen molar-refractivity contribution in [1.82, 2.24) is 5.32 Å². The fourth-order valence-electron chi connectivity index (χ4n) is 2.39. The third kappa shape index (κ3) is 2.88. The maximum Gasteiger partial charge on any atom is 0.136 e. The predicted octanol–water partition coefficient (Wildman–Crippen LogP) is 0.629. The summed E-state index contributed by atoms with van der Waals surface area (Å²) >= 11 is -0.893. The summed E-state index contributed by atoms with van der Waals surface area (Å²) in [6.07, 6.45) is 2.44. The van der Waals surface area contributed by atoms with Gasteiger partial charge in [-0.2, -0.15) is 0 Å². The second-order valence-electron chi connectivity index (χ2n) is 4.01. The Labute approximate surface area is 95.9 Å². The highest BCUT2D eigenvalue weighted by Gasteiger charge is 2.39. The maximum absolute atomic E-state index is 7.81. The van der Waals surface area contributed by atoms with Crippen molar-refractivity contribution in [3.8, 4) is 0 Å². The molecule has 0 aromatic carbocycles. The van der Waals surface area contributed by atoms with E-state index in [1.54, 1.807) is 0 Å². The van der Waals surface area contributed by atoms with Crippen LogP contribution >= 0.6 is 7.18 Å². The molecule has 0 aliphatic heterocycles. The van der Waals surface area contributed by atoms with Crippen molar-refractivity contribution in [3.63, 3.8) is 0 Å². The van der Waals surface area contributed by atoms with E-state index in [4.69, 9.17) is 6.59 Å². The maximum atomic E-state index is 7.81. The molecule has 1 rings (SSSR count). The van der Waals surface area contributed by atoms with Crippen molar-refractivity contribution in [1.29, 1.82) is 2.40 Å². The van der Waals surface area contributed by atoms with Gasteiger partial charge in [0.05, 0.1) is 7.38 Å². The van der Waals surface area contributed by atoms with Gasteiger partial charge in [-0.3, -0.25) is 0 Å². The Balaban J connectivity index is 2.73. The average molecular weight is 238 g/mol. The van der Waals surface area contributed by atoms with Gasteiger partial charge in [-0.05, 0) is 25.3 Å². The Hall–Kier alpha value is 0.765. The third-order valence-corrected chi connectivity index (χ3v) is 4.63. The molecule has 0 radical (unpaired) electrons. The SMILES string of the molecule is [2H]/S(O[C@@H]1[C@H](C)[C@@H](CC)C[C@H]1NC)=[PH](/[3H])B. The van der Waals surface area contributed by atoms with Gasteiger partial charge in [0.1, 0.15) is 8.69 Å². The fourth-order valence-corrected chi connectivity index (χ4v) is 3.53. The lowest BCUT2D eigenvalue weighted by Gasteiger charge is -2.21. The van der Waals surface area contributed by atoms with Crippen molar-refractivity contribution in [2.45, 2.75) is 38.8 Å². The van der Waals surface area contributed by atoms with E-state index in [-0.39, 0.29) is 6.10 Å². The van der Waals surface area contributed by atoms with Crippen molar-refractivity contribution < 1.29 is 4.18 Å². The van der Waals surface area contributed by atoms with Gasteiger partial charge in [0.25, 0.3) is 0 Å². The molecule has 5 heteroatoms. The molecule has 1 aliphatic rings. The van der Waals surface area contributed by atoms with E-state index >= 15 is 0 Å². The van der Waals surface area contributed by atoms with E-state index in [1.165, 1.54) is 6.42 Å². The Morgan fingerprint density at radius 1 is 1.93 bits per heavy atom. The van der Waals surface area contributed by atoms with Gasteiger partial charge in [-0.15, -0.1) is 7.18 Å². The van der Waals surface area contributed by atoms with Gasteiger partial charge < -0.3 is 9.50 Å². The van der Waals surface area contributed by atoms with Gasteiger partial charge in [0.15, 0.2) is 0 Å². The molecular weight excluding hydrogens is 212 g/mol. The van der Waals surface area contributed by atoms with Crippen LogP contribution in [0.15, 0.2) is 0 Å². The average Bonchev–Trinajstić information content (AvgIpc) is 2.55. The van der Waals surface area contributed by atoms with Crippen LogP contribution in [0.4, 0.5) is 0 Å².